The third kappa shape index (κ3) is 5.45. The minimum atomic E-state index is -0.587. The van der Waals surface area contributed by atoms with Crippen LogP contribution in [0.4, 0.5) is 4.79 Å². The number of nitrogens with zero attached hydrogens (tertiary/aromatic N) is 4. The van der Waals surface area contributed by atoms with Crippen LogP contribution in [0.1, 0.15) is 39.7 Å². The fourth-order valence-corrected chi connectivity index (χ4v) is 5.09. The van der Waals surface area contributed by atoms with Crippen LogP contribution in [0.5, 0.6) is 17.2 Å². The number of likely N-dealkylation sites (tertiary alicyclic amines) is 1. The number of hydrogen-bond acceptors (Lipinski definition) is 6. The van der Waals surface area contributed by atoms with Crippen molar-refractivity contribution in [1.29, 1.82) is 0 Å². The van der Waals surface area contributed by atoms with E-state index < -0.39 is 5.60 Å². The molecule has 10 heteroatoms. The van der Waals surface area contributed by atoms with E-state index in [4.69, 9.17) is 25.8 Å². The molecule has 0 unspecified atom stereocenters. The highest BCUT2D eigenvalue weighted by molar-refractivity contribution is 6.33. The van der Waals surface area contributed by atoms with Crippen molar-refractivity contribution >= 4 is 28.7 Å². The molecule has 0 radical (unpaired) electrons. The molecular formula is C29H31ClN4O5. The SMILES string of the molecule is COc1cccc(Oc2ccc(-n3c(=O)n([C@@H]4CCCN(C(=O)OC(C)(C)C)C4)c4ccncc43)cc2)c1Cl. The van der Waals surface area contributed by atoms with Gasteiger partial charge in [-0.3, -0.25) is 14.1 Å². The summed E-state index contributed by atoms with van der Waals surface area (Å²) >= 11 is 6.37. The predicted molar refractivity (Wildman–Crippen MR) is 149 cm³/mol. The van der Waals surface area contributed by atoms with E-state index in [9.17, 15) is 9.59 Å². The van der Waals surface area contributed by atoms with Crippen LogP contribution in [0, 0.1) is 0 Å². The van der Waals surface area contributed by atoms with Crippen LogP contribution >= 0.6 is 11.6 Å². The molecular weight excluding hydrogens is 520 g/mol. The van der Waals surface area contributed by atoms with Gasteiger partial charge in [-0.1, -0.05) is 17.7 Å². The Bertz CT molecular complexity index is 1550. The number of carbonyl (C=O) groups is 1. The molecule has 5 rings (SSSR count). The molecule has 2 aromatic carbocycles. The van der Waals surface area contributed by atoms with E-state index in [-0.39, 0.29) is 17.8 Å². The topological polar surface area (TPSA) is 87.8 Å². The Morgan fingerprint density at radius 3 is 2.51 bits per heavy atom. The van der Waals surface area contributed by atoms with Crippen molar-refractivity contribution in [1.82, 2.24) is 19.0 Å². The molecule has 1 saturated heterocycles. The minimum absolute atomic E-state index is 0.192. The lowest BCUT2D eigenvalue weighted by Gasteiger charge is -2.34. The third-order valence-corrected chi connectivity index (χ3v) is 6.93. The summed E-state index contributed by atoms with van der Waals surface area (Å²) in [5.41, 5.74) is 1.33. The van der Waals surface area contributed by atoms with Gasteiger partial charge in [0.15, 0.2) is 0 Å². The molecule has 204 valence electrons. The first-order valence-corrected chi connectivity index (χ1v) is 13.2. The third-order valence-electron chi connectivity index (χ3n) is 6.56. The molecule has 1 fully saturated rings. The van der Waals surface area contributed by atoms with Gasteiger partial charge >= 0.3 is 11.8 Å². The Morgan fingerprint density at radius 2 is 1.79 bits per heavy atom. The Balaban J connectivity index is 1.46. The number of methoxy groups -OCH3 is 1. The molecule has 39 heavy (non-hydrogen) atoms. The van der Waals surface area contributed by atoms with Crippen molar-refractivity contribution < 1.29 is 19.0 Å². The van der Waals surface area contributed by atoms with Gasteiger partial charge in [-0.2, -0.15) is 0 Å². The van der Waals surface area contributed by atoms with E-state index in [0.29, 0.717) is 46.6 Å². The highest BCUT2D eigenvalue weighted by atomic mass is 35.5. The summed E-state index contributed by atoms with van der Waals surface area (Å²) in [7, 11) is 1.55. The number of aromatic nitrogens is 3. The average Bonchev–Trinajstić information content (AvgIpc) is 3.21. The Labute approximate surface area is 231 Å². The number of imidazole rings is 1. The van der Waals surface area contributed by atoms with Crippen LogP contribution < -0.4 is 15.2 Å². The van der Waals surface area contributed by atoms with Crippen molar-refractivity contribution in [2.24, 2.45) is 0 Å². The van der Waals surface area contributed by atoms with E-state index >= 15 is 0 Å². The number of fused-ring (bicyclic) bond motifs is 1. The quantitative estimate of drug-likeness (QED) is 0.293. The zero-order chi connectivity index (χ0) is 27.7. The number of halogens is 1. The van der Waals surface area contributed by atoms with E-state index in [1.54, 1.807) is 63.9 Å². The van der Waals surface area contributed by atoms with Crippen LogP contribution in [-0.4, -0.2) is 50.9 Å². The molecule has 9 nitrogen and oxygen atoms in total. The fraction of sp³-hybridized carbons (Fsp3) is 0.345. The second kappa shape index (κ2) is 10.6. The zero-order valence-corrected chi connectivity index (χ0v) is 23.1. The molecule has 0 spiro atoms. The van der Waals surface area contributed by atoms with Crippen molar-refractivity contribution in [2.45, 2.75) is 45.3 Å². The lowest BCUT2D eigenvalue weighted by atomic mass is 10.1. The highest BCUT2D eigenvalue weighted by Crippen LogP contribution is 2.36. The maximum atomic E-state index is 13.9. The lowest BCUT2D eigenvalue weighted by molar-refractivity contribution is 0.0173. The molecule has 3 heterocycles. The summed E-state index contributed by atoms with van der Waals surface area (Å²) in [4.78, 5) is 32.6. The number of pyridine rings is 1. The minimum Gasteiger partial charge on any atom is -0.495 e. The number of amides is 1. The van der Waals surface area contributed by atoms with Crippen LogP contribution in [0.3, 0.4) is 0 Å². The first kappa shape index (κ1) is 26.6. The number of hydrogen-bond donors (Lipinski definition) is 0. The lowest BCUT2D eigenvalue weighted by Crippen LogP contribution is -2.45. The Morgan fingerprint density at radius 1 is 1.05 bits per heavy atom. The van der Waals surface area contributed by atoms with Crippen molar-refractivity contribution in [3.05, 3.63) is 76.4 Å². The van der Waals surface area contributed by atoms with Gasteiger partial charge in [0.1, 0.15) is 27.9 Å². The van der Waals surface area contributed by atoms with E-state index in [1.807, 2.05) is 39.0 Å². The molecule has 2 aromatic heterocycles. The first-order valence-electron chi connectivity index (χ1n) is 12.8. The van der Waals surface area contributed by atoms with Gasteiger partial charge in [0.25, 0.3) is 0 Å². The van der Waals surface area contributed by atoms with Crippen LogP contribution in [0.25, 0.3) is 16.7 Å². The van der Waals surface area contributed by atoms with Gasteiger partial charge in [-0.25, -0.2) is 9.59 Å². The maximum absolute atomic E-state index is 13.9. The van der Waals surface area contributed by atoms with Crippen LogP contribution in [0.15, 0.2) is 65.7 Å². The van der Waals surface area contributed by atoms with E-state index in [1.165, 1.54) is 0 Å². The van der Waals surface area contributed by atoms with Crippen molar-refractivity contribution in [3.63, 3.8) is 0 Å². The molecule has 0 bridgehead atoms. The number of benzene rings is 2. The second-order valence-electron chi connectivity index (χ2n) is 10.4. The molecule has 0 N–H and O–H groups in total. The second-order valence-corrected chi connectivity index (χ2v) is 10.8. The van der Waals surface area contributed by atoms with Gasteiger partial charge in [-0.15, -0.1) is 0 Å². The zero-order valence-electron chi connectivity index (χ0n) is 22.4. The Kier molecular flexibility index (Phi) is 7.27. The van der Waals surface area contributed by atoms with Crippen molar-refractivity contribution in [3.8, 4) is 22.9 Å². The van der Waals surface area contributed by atoms with Gasteiger partial charge in [-0.05, 0) is 76.1 Å². The Hall–Kier alpha value is -3.98. The van der Waals surface area contributed by atoms with E-state index in [0.717, 1.165) is 18.4 Å². The molecule has 0 saturated carbocycles. The highest BCUT2D eigenvalue weighted by Gasteiger charge is 2.31. The fourth-order valence-electron chi connectivity index (χ4n) is 4.85. The van der Waals surface area contributed by atoms with Gasteiger partial charge in [0.2, 0.25) is 0 Å². The predicted octanol–water partition coefficient (Wildman–Crippen LogP) is 6.21. The van der Waals surface area contributed by atoms with Crippen molar-refractivity contribution in [2.75, 3.05) is 20.2 Å². The summed E-state index contributed by atoms with van der Waals surface area (Å²) in [5, 5.41) is 0.377. The average molecular weight is 551 g/mol. The largest absolute Gasteiger partial charge is 0.495 e. The summed E-state index contributed by atoms with van der Waals surface area (Å²) < 4.78 is 20.2. The number of ether oxygens (including phenoxy) is 3. The standard InChI is InChI=1S/C29H31ClN4O5/c1-29(2,3)39-28(36)32-16-6-7-20(18-32)34-22-14-15-31-17-23(22)33(27(34)35)19-10-12-21(13-11-19)38-25-9-5-8-24(37-4)26(25)30/h5,8-15,17,20H,6-7,16,18H2,1-4H3/t20-/m1/s1. The summed E-state index contributed by atoms with van der Waals surface area (Å²) in [6, 6.07) is 14.1. The summed E-state index contributed by atoms with van der Waals surface area (Å²) in [6.45, 7) is 6.53. The molecule has 1 aliphatic rings. The van der Waals surface area contributed by atoms with Gasteiger partial charge in [0, 0.05) is 19.3 Å². The van der Waals surface area contributed by atoms with Crippen LogP contribution in [0.2, 0.25) is 5.02 Å². The smallest absolute Gasteiger partial charge is 0.410 e. The molecule has 1 amide bonds. The summed E-state index contributed by atoms with van der Waals surface area (Å²) in [5.74, 6) is 1.54. The van der Waals surface area contributed by atoms with Gasteiger partial charge < -0.3 is 19.1 Å². The molecule has 1 aliphatic heterocycles. The summed E-state index contributed by atoms with van der Waals surface area (Å²) in [6.07, 6.45) is 4.53. The number of rotatable bonds is 5. The maximum Gasteiger partial charge on any atom is 0.410 e. The molecule has 4 aromatic rings. The van der Waals surface area contributed by atoms with Gasteiger partial charge in [0.05, 0.1) is 36.1 Å². The van der Waals surface area contributed by atoms with Crippen LogP contribution in [-0.2, 0) is 4.74 Å². The number of carbonyl (C=O) groups excluding carboxylic acids is 1. The number of piperidine rings is 1. The monoisotopic (exact) mass is 550 g/mol. The normalized spacial score (nSPS) is 15.8. The first-order chi connectivity index (χ1) is 18.7. The molecule has 1 atom stereocenters. The molecule has 0 aliphatic carbocycles. The van der Waals surface area contributed by atoms with E-state index in [2.05, 4.69) is 4.98 Å².